The van der Waals surface area contributed by atoms with Crippen LogP contribution < -0.4 is 4.90 Å². The van der Waals surface area contributed by atoms with Gasteiger partial charge in [-0.2, -0.15) is 0 Å². The van der Waals surface area contributed by atoms with Gasteiger partial charge in [-0.25, -0.2) is 0 Å². The van der Waals surface area contributed by atoms with Gasteiger partial charge in [0, 0.05) is 23.7 Å². The smallest absolute Gasteiger partial charge is 0.137 e. The molecule has 0 aliphatic carbocycles. The Balaban J connectivity index is 1.73. The maximum Gasteiger partial charge on any atom is 0.137 e. The Morgan fingerprint density at radius 2 is 1.26 bits per heavy atom. The summed E-state index contributed by atoms with van der Waals surface area (Å²) >= 11 is 0. The molecule has 0 aliphatic rings. The normalized spacial score (nSPS) is 11.1. The maximum atomic E-state index is 6.07. The molecular formula is C25H19NO. The van der Waals surface area contributed by atoms with E-state index in [2.05, 4.69) is 84.7 Å². The lowest BCUT2D eigenvalue weighted by molar-refractivity contribution is 0.669. The number of furan rings is 1. The molecule has 0 radical (unpaired) electrons. The second-order valence-corrected chi connectivity index (χ2v) is 6.69. The Morgan fingerprint density at radius 3 is 2.15 bits per heavy atom. The molecule has 0 bridgehead atoms. The fraction of sp³-hybridized carbons (Fsp3) is 0.0400. The van der Waals surface area contributed by atoms with Crippen LogP contribution in [-0.2, 0) is 0 Å². The van der Waals surface area contributed by atoms with Crippen molar-refractivity contribution >= 4 is 33.3 Å². The molecule has 0 atom stereocenters. The average molecular weight is 349 g/mol. The van der Waals surface area contributed by atoms with Crippen molar-refractivity contribution in [3.8, 4) is 11.1 Å². The summed E-state index contributed by atoms with van der Waals surface area (Å²) in [6.07, 6.45) is 0. The molecule has 0 amide bonds. The van der Waals surface area contributed by atoms with E-state index in [1.807, 2.05) is 24.3 Å². The Morgan fingerprint density at radius 1 is 0.593 bits per heavy atom. The summed E-state index contributed by atoms with van der Waals surface area (Å²) in [5, 5.41) is 2.30. The lowest BCUT2D eigenvalue weighted by Gasteiger charge is -2.23. The summed E-state index contributed by atoms with van der Waals surface area (Å²) in [5.41, 5.74) is 6.57. The first-order valence-corrected chi connectivity index (χ1v) is 9.11. The predicted molar refractivity (Wildman–Crippen MR) is 114 cm³/mol. The highest BCUT2D eigenvalue weighted by Gasteiger charge is 2.16. The lowest BCUT2D eigenvalue weighted by atomic mass is 10.0. The van der Waals surface area contributed by atoms with Crippen LogP contribution in [0.25, 0.3) is 33.1 Å². The van der Waals surface area contributed by atoms with Crippen molar-refractivity contribution in [1.29, 1.82) is 0 Å². The fourth-order valence-corrected chi connectivity index (χ4v) is 3.79. The third kappa shape index (κ3) is 2.58. The number of nitrogens with zero attached hydrogens (tertiary/aromatic N) is 1. The molecule has 0 unspecified atom stereocenters. The number of benzene rings is 4. The van der Waals surface area contributed by atoms with Gasteiger partial charge in [-0.1, -0.05) is 72.8 Å². The Hall–Kier alpha value is -3.52. The molecule has 0 spiro atoms. The van der Waals surface area contributed by atoms with Gasteiger partial charge < -0.3 is 9.32 Å². The Labute approximate surface area is 158 Å². The van der Waals surface area contributed by atoms with Crippen LogP contribution >= 0.6 is 0 Å². The molecule has 2 nitrogen and oxygen atoms in total. The highest BCUT2D eigenvalue weighted by Crippen LogP contribution is 2.40. The molecule has 0 fully saturated rings. The lowest BCUT2D eigenvalue weighted by Crippen LogP contribution is -2.10. The van der Waals surface area contributed by atoms with E-state index in [1.165, 1.54) is 16.8 Å². The van der Waals surface area contributed by atoms with E-state index in [9.17, 15) is 0 Å². The minimum absolute atomic E-state index is 0.915. The molecule has 1 heterocycles. The van der Waals surface area contributed by atoms with Crippen LogP contribution in [0.3, 0.4) is 0 Å². The minimum Gasteiger partial charge on any atom is -0.456 e. The van der Waals surface area contributed by atoms with Gasteiger partial charge >= 0.3 is 0 Å². The minimum atomic E-state index is 0.915. The third-order valence-electron chi connectivity index (χ3n) is 5.09. The molecule has 5 rings (SSSR count). The van der Waals surface area contributed by atoms with Gasteiger partial charge in [-0.05, 0) is 29.8 Å². The molecule has 0 saturated heterocycles. The largest absolute Gasteiger partial charge is 0.456 e. The van der Waals surface area contributed by atoms with Crippen molar-refractivity contribution in [2.75, 3.05) is 11.9 Å². The van der Waals surface area contributed by atoms with Crippen molar-refractivity contribution in [2.24, 2.45) is 0 Å². The van der Waals surface area contributed by atoms with Gasteiger partial charge in [0.2, 0.25) is 0 Å². The molecule has 130 valence electrons. The van der Waals surface area contributed by atoms with Crippen molar-refractivity contribution in [3.63, 3.8) is 0 Å². The second-order valence-electron chi connectivity index (χ2n) is 6.69. The molecule has 4 aromatic carbocycles. The van der Waals surface area contributed by atoms with Crippen LogP contribution in [0.5, 0.6) is 0 Å². The van der Waals surface area contributed by atoms with Crippen LogP contribution in [0.15, 0.2) is 101 Å². The van der Waals surface area contributed by atoms with E-state index in [-0.39, 0.29) is 0 Å². The number of rotatable bonds is 3. The third-order valence-corrected chi connectivity index (χ3v) is 5.09. The zero-order valence-electron chi connectivity index (χ0n) is 15.1. The summed E-state index contributed by atoms with van der Waals surface area (Å²) in [6, 6.07) is 33.5. The molecular weight excluding hydrogens is 330 g/mol. The highest BCUT2D eigenvalue weighted by molar-refractivity contribution is 6.12. The average Bonchev–Trinajstić information content (AvgIpc) is 3.13. The predicted octanol–water partition coefficient (Wildman–Crippen LogP) is 7.02. The molecule has 0 saturated carbocycles. The molecule has 27 heavy (non-hydrogen) atoms. The number of hydrogen-bond donors (Lipinski definition) is 0. The van der Waals surface area contributed by atoms with Crippen molar-refractivity contribution in [2.45, 2.75) is 0 Å². The van der Waals surface area contributed by atoms with E-state index in [0.717, 1.165) is 27.6 Å². The van der Waals surface area contributed by atoms with Gasteiger partial charge in [0.05, 0.1) is 11.1 Å². The number of fused-ring (bicyclic) bond motifs is 3. The van der Waals surface area contributed by atoms with Gasteiger partial charge in [-0.3, -0.25) is 0 Å². The monoisotopic (exact) mass is 349 g/mol. The van der Waals surface area contributed by atoms with Crippen molar-refractivity contribution in [1.82, 2.24) is 0 Å². The Kier molecular flexibility index (Phi) is 3.68. The quantitative estimate of drug-likeness (QED) is 0.348. The first-order valence-electron chi connectivity index (χ1n) is 9.11. The molecule has 2 heteroatoms. The van der Waals surface area contributed by atoms with Gasteiger partial charge in [0.25, 0.3) is 0 Å². The van der Waals surface area contributed by atoms with Gasteiger partial charge in [-0.15, -0.1) is 0 Å². The molecule has 1 aromatic heterocycles. The topological polar surface area (TPSA) is 16.4 Å². The van der Waals surface area contributed by atoms with E-state index in [0.29, 0.717) is 0 Å². The van der Waals surface area contributed by atoms with E-state index < -0.39 is 0 Å². The van der Waals surface area contributed by atoms with Gasteiger partial charge in [0.1, 0.15) is 11.2 Å². The fourth-order valence-electron chi connectivity index (χ4n) is 3.79. The first-order chi connectivity index (χ1) is 13.3. The van der Waals surface area contributed by atoms with Crippen molar-refractivity contribution in [3.05, 3.63) is 97.1 Å². The van der Waals surface area contributed by atoms with Crippen LogP contribution in [0, 0.1) is 0 Å². The number of hydrogen-bond acceptors (Lipinski definition) is 2. The summed E-state index contributed by atoms with van der Waals surface area (Å²) in [6.45, 7) is 0. The second kappa shape index (κ2) is 6.33. The van der Waals surface area contributed by atoms with E-state index >= 15 is 0 Å². The number of anilines is 2. The van der Waals surface area contributed by atoms with Crippen LogP contribution in [-0.4, -0.2) is 7.05 Å². The zero-order valence-corrected chi connectivity index (χ0v) is 15.1. The maximum absolute atomic E-state index is 6.07. The van der Waals surface area contributed by atoms with Gasteiger partial charge in [0.15, 0.2) is 0 Å². The summed E-state index contributed by atoms with van der Waals surface area (Å²) in [4.78, 5) is 2.26. The summed E-state index contributed by atoms with van der Waals surface area (Å²) in [5.74, 6) is 0. The molecule has 0 N–H and O–H groups in total. The summed E-state index contributed by atoms with van der Waals surface area (Å²) < 4.78 is 6.07. The highest BCUT2D eigenvalue weighted by atomic mass is 16.3. The molecule has 0 aliphatic heterocycles. The van der Waals surface area contributed by atoms with Crippen LogP contribution in [0.2, 0.25) is 0 Å². The van der Waals surface area contributed by atoms with Crippen LogP contribution in [0.1, 0.15) is 0 Å². The van der Waals surface area contributed by atoms with E-state index in [4.69, 9.17) is 4.42 Å². The van der Waals surface area contributed by atoms with Crippen LogP contribution in [0.4, 0.5) is 11.4 Å². The molecule has 5 aromatic rings. The Bertz CT molecular complexity index is 1240. The van der Waals surface area contributed by atoms with E-state index in [1.54, 1.807) is 0 Å². The standard InChI is InChI=1S/C25H19NO/c1-26(21-14-7-5-12-19(21)18-10-3-2-4-11-18)22-15-9-17-24-25(22)20-13-6-8-16-23(20)27-24/h2-17H,1H3. The van der Waals surface area contributed by atoms with Crippen molar-refractivity contribution < 1.29 is 4.42 Å². The first kappa shape index (κ1) is 15.7. The zero-order chi connectivity index (χ0) is 18.2. The summed E-state index contributed by atoms with van der Waals surface area (Å²) in [7, 11) is 2.12. The SMILES string of the molecule is CN(c1ccccc1-c1ccccc1)c1cccc2oc3ccccc3c12. The number of para-hydroxylation sites is 2.